The van der Waals surface area contributed by atoms with Crippen LogP contribution in [0.3, 0.4) is 0 Å². The minimum Gasteiger partial charge on any atom is -0.492 e. The number of ether oxygens (including phenoxy) is 2. The lowest BCUT2D eigenvalue weighted by Gasteiger charge is -2.23. The topological polar surface area (TPSA) is 34.6 Å². The fourth-order valence-corrected chi connectivity index (χ4v) is 3.78. The Hall–Kier alpha value is -2.74. The number of aromatic nitrogens is 1. The molecule has 2 aromatic carbocycles. The molecule has 0 N–H and O–H groups in total. The van der Waals surface area contributed by atoms with Gasteiger partial charge in [0, 0.05) is 18.0 Å². The Balaban J connectivity index is 1.55. The van der Waals surface area contributed by atoms with E-state index in [4.69, 9.17) is 9.47 Å². The fourth-order valence-electron chi connectivity index (χ4n) is 2.95. The summed E-state index contributed by atoms with van der Waals surface area (Å²) in [6.45, 7) is 9.08. The third-order valence-corrected chi connectivity index (χ3v) is 5.54. The van der Waals surface area contributed by atoms with Crippen LogP contribution in [0.2, 0.25) is 0 Å². The second-order valence-corrected chi connectivity index (χ2v) is 9.34. The van der Waals surface area contributed by atoms with Gasteiger partial charge in [-0.15, -0.1) is 11.3 Å². The molecule has 0 radical (unpaired) electrons. The van der Waals surface area contributed by atoms with Crippen molar-refractivity contribution in [2.45, 2.75) is 39.5 Å². The molecule has 0 aliphatic heterocycles. The summed E-state index contributed by atoms with van der Waals surface area (Å²) in [6, 6.07) is 10.8. The molecule has 1 heterocycles. The van der Waals surface area contributed by atoms with Gasteiger partial charge >= 0.3 is 6.18 Å². The van der Waals surface area contributed by atoms with Gasteiger partial charge in [0.05, 0.1) is 17.8 Å². The van der Waals surface area contributed by atoms with Crippen molar-refractivity contribution in [2.24, 2.45) is 0 Å². The molecule has 0 bridgehead atoms. The summed E-state index contributed by atoms with van der Waals surface area (Å²) in [5.41, 5.74) is 1.38. The number of halogens is 3. The number of anilines is 1. The molecule has 0 saturated carbocycles. The van der Waals surface area contributed by atoms with Crippen LogP contribution in [-0.4, -0.2) is 30.8 Å². The van der Waals surface area contributed by atoms with Crippen molar-refractivity contribution in [1.82, 2.24) is 4.98 Å². The van der Waals surface area contributed by atoms with Gasteiger partial charge in [-0.25, -0.2) is 4.98 Å². The van der Waals surface area contributed by atoms with Crippen LogP contribution in [0.15, 0.2) is 47.8 Å². The van der Waals surface area contributed by atoms with Gasteiger partial charge in [-0.2, -0.15) is 13.2 Å². The van der Waals surface area contributed by atoms with Gasteiger partial charge < -0.3 is 14.4 Å². The lowest BCUT2D eigenvalue weighted by atomic mass is 10.1. The molecule has 0 atom stereocenters. The standard InChI is InChI=1S/C24H27F3N2O2S/c1-16-14-19(10-11-21(16)31-23(2,3)4)30-13-12-29(5)22-28-20(15-32-22)17-6-8-18(9-7-17)24(25,26)27/h6-11,14-15H,12-13H2,1-5H3. The van der Waals surface area contributed by atoms with Crippen LogP contribution in [0.25, 0.3) is 11.3 Å². The number of rotatable bonds is 7. The number of benzene rings is 2. The molecule has 0 saturated heterocycles. The van der Waals surface area contributed by atoms with E-state index in [0.29, 0.717) is 24.4 Å². The van der Waals surface area contributed by atoms with Crippen molar-refractivity contribution in [1.29, 1.82) is 0 Å². The second kappa shape index (κ2) is 9.40. The van der Waals surface area contributed by atoms with Gasteiger partial charge in [0.25, 0.3) is 0 Å². The summed E-state index contributed by atoms with van der Waals surface area (Å²) in [4.78, 5) is 6.51. The predicted octanol–water partition coefficient (Wildman–Crippen LogP) is 6.83. The predicted molar refractivity (Wildman–Crippen MR) is 123 cm³/mol. The molecule has 0 aliphatic carbocycles. The quantitative estimate of drug-likeness (QED) is 0.384. The van der Waals surface area contributed by atoms with Crippen LogP contribution in [0, 0.1) is 6.92 Å². The summed E-state index contributed by atoms with van der Waals surface area (Å²) in [5, 5.41) is 2.61. The maximum absolute atomic E-state index is 12.7. The molecule has 3 aromatic rings. The number of aryl methyl sites for hydroxylation is 1. The second-order valence-electron chi connectivity index (χ2n) is 8.50. The van der Waals surface area contributed by atoms with Crippen LogP contribution < -0.4 is 14.4 Å². The summed E-state index contributed by atoms with van der Waals surface area (Å²) in [6.07, 6.45) is -4.34. The molecule has 3 rings (SSSR count). The van der Waals surface area contributed by atoms with Crippen LogP contribution >= 0.6 is 11.3 Å². The van der Waals surface area contributed by atoms with E-state index < -0.39 is 11.7 Å². The SMILES string of the molecule is Cc1cc(OCCN(C)c2nc(-c3ccc(C(F)(F)F)cc3)cs2)ccc1OC(C)(C)C. The molecule has 1 aromatic heterocycles. The van der Waals surface area contributed by atoms with Crippen molar-refractivity contribution >= 4 is 16.5 Å². The Labute approximate surface area is 190 Å². The van der Waals surface area contributed by atoms with E-state index in [9.17, 15) is 13.2 Å². The van der Waals surface area contributed by atoms with E-state index in [1.54, 1.807) is 0 Å². The van der Waals surface area contributed by atoms with E-state index in [-0.39, 0.29) is 5.60 Å². The number of hydrogen-bond acceptors (Lipinski definition) is 5. The molecule has 0 spiro atoms. The number of likely N-dealkylation sites (N-methyl/N-ethyl adjacent to an activating group) is 1. The van der Waals surface area contributed by atoms with Crippen molar-refractivity contribution < 1.29 is 22.6 Å². The molecule has 32 heavy (non-hydrogen) atoms. The molecule has 8 heteroatoms. The van der Waals surface area contributed by atoms with E-state index >= 15 is 0 Å². The fraction of sp³-hybridized carbons (Fsp3) is 0.375. The smallest absolute Gasteiger partial charge is 0.416 e. The Bertz CT molecular complexity index is 1040. The first-order valence-electron chi connectivity index (χ1n) is 10.2. The zero-order valence-corrected chi connectivity index (χ0v) is 19.6. The molecule has 0 unspecified atom stereocenters. The van der Waals surface area contributed by atoms with Crippen molar-refractivity contribution in [2.75, 3.05) is 25.1 Å². The lowest BCUT2D eigenvalue weighted by Crippen LogP contribution is -2.24. The maximum Gasteiger partial charge on any atom is 0.416 e. The average molecular weight is 465 g/mol. The molecule has 0 aliphatic rings. The van der Waals surface area contributed by atoms with E-state index in [0.717, 1.165) is 34.3 Å². The normalized spacial score (nSPS) is 12.0. The number of nitrogens with zero attached hydrogens (tertiary/aromatic N) is 2. The molecular formula is C24H27F3N2O2S. The third kappa shape index (κ3) is 6.38. The van der Waals surface area contributed by atoms with Crippen LogP contribution in [-0.2, 0) is 6.18 Å². The van der Waals surface area contributed by atoms with Crippen LogP contribution in [0.5, 0.6) is 11.5 Å². The van der Waals surface area contributed by atoms with Gasteiger partial charge in [0.1, 0.15) is 23.7 Å². The summed E-state index contributed by atoms with van der Waals surface area (Å²) in [5.74, 6) is 1.60. The highest BCUT2D eigenvalue weighted by Gasteiger charge is 2.30. The molecule has 0 fully saturated rings. The van der Waals surface area contributed by atoms with Crippen molar-refractivity contribution in [3.05, 3.63) is 59.0 Å². The van der Waals surface area contributed by atoms with Crippen LogP contribution in [0.4, 0.5) is 18.3 Å². The van der Waals surface area contributed by atoms with E-state index in [1.165, 1.54) is 23.5 Å². The Kier molecular flexibility index (Phi) is 7.03. The average Bonchev–Trinajstić information content (AvgIpc) is 3.19. The van der Waals surface area contributed by atoms with Gasteiger partial charge in [-0.3, -0.25) is 0 Å². The number of thiazole rings is 1. The lowest BCUT2D eigenvalue weighted by molar-refractivity contribution is -0.137. The Morgan fingerprint density at radius 1 is 1.03 bits per heavy atom. The highest BCUT2D eigenvalue weighted by molar-refractivity contribution is 7.14. The Morgan fingerprint density at radius 3 is 2.31 bits per heavy atom. The van der Waals surface area contributed by atoms with Crippen molar-refractivity contribution in [3.63, 3.8) is 0 Å². The Morgan fingerprint density at radius 2 is 1.72 bits per heavy atom. The van der Waals surface area contributed by atoms with Gasteiger partial charge in [0.2, 0.25) is 0 Å². The highest BCUT2D eigenvalue weighted by atomic mass is 32.1. The van der Waals surface area contributed by atoms with E-state index in [2.05, 4.69) is 4.98 Å². The zero-order chi connectivity index (χ0) is 23.5. The first-order valence-corrected chi connectivity index (χ1v) is 11.1. The largest absolute Gasteiger partial charge is 0.492 e. The van der Waals surface area contributed by atoms with Crippen molar-refractivity contribution in [3.8, 4) is 22.8 Å². The minimum atomic E-state index is -4.34. The van der Waals surface area contributed by atoms with Gasteiger partial charge in [0.15, 0.2) is 5.13 Å². The molecule has 4 nitrogen and oxygen atoms in total. The minimum absolute atomic E-state index is 0.261. The number of alkyl halides is 3. The summed E-state index contributed by atoms with van der Waals surface area (Å²) in [7, 11) is 1.91. The van der Waals surface area contributed by atoms with Gasteiger partial charge in [-0.05, 0) is 63.6 Å². The third-order valence-electron chi connectivity index (χ3n) is 4.58. The molecular weight excluding hydrogens is 437 g/mol. The molecule has 0 amide bonds. The number of hydrogen-bond donors (Lipinski definition) is 0. The summed E-state index contributed by atoms with van der Waals surface area (Å²) >= 11 is 1.44. The first kappa shape index (κ1) is 23.9. The van der Waals surface area contributed by atoms with E-state index in [1.807, 2.05) is 63.2 Å². The zero-order valence-electron chi connectivity index (χ0n) is 18.8. The highest BCUT2D eigenvalue weighted by Crippen LogP contribution is 2.32. The monoisotopic (exact) mass is 464 g/mol. The summed E-state index contributed by atoms with van der Waals surface area (Å²) < 4.78 is 50.0. The van der Waals surface area contributed by atoms with Gasteiger partial charge in [-0.1, -0.05) is 12.1 Å². The van der Waals surface area contributed by atoms with Crippen LogP contribution in [0.1, 0.15) is 31.9 Å². The molecule has 172 valence electrons. The first-order chi connectivity index (χ1) is 14.9. The maximum atomic E-state index is 12.7.